The topological polar surface area (TPSA) is 87.2 Å². The van der Waals surface area contributed by atoms with Crippen molar-refractivity contribution >= 4 is 33.1 Å². The van der Waals surface area contributed by atoms with E-state index in [1.165, 1.54) is 6.92 Å². The number of H-pyrrole nitrogens is 1. The molecule has 5 nitrogen and oxygen atoms in total. The molecule has 0 saturated carbocycles. The first-order valence-electron chi connectivity index (χ1n) is 6.90. The van der Waals surface area contributed by atoms with E-state index in [1.54, 1.807) is 31.2 Å². The molecule has 0 aliphatic rings. The Labute approximate surface area is 135 Å². The maximum atomic E-state index is 12.6. The average Bonchev–Trinajstić information content (AvgIpc) is 2.83. The second-order valence-corrected chi connectivity index (χ2v) is 6.21. The Morgan fingerprint density at radius 2 is 1.83 bits per heavy atom. The quantitative estimate of drug-likeness (QED) is 0.724. The smallest absolute Gasteiger partial charge is 0.263 e. The van der Waals surface area contributed by atoms with Gasteiger partial charge in [0.2, 0.25) is 5.78 Å². The molecular weight excluding hydrogens is 314 g/mol. The first kappa shape index (κ1) is 15.2. The van der Waals surface area contributed by atoms with Gasteiger partial charge in [-0.2, -0.15) is 0 Å². The zero-order valence-electron chi connectivity index (χ0n) is 12.5. The van der Waals surface area contributed by atoms with Gasteiger partial charge in [0.15, 0.2) is 5.78 Å². The van der Waals surface area contributed by atoms with Crippen LogP contribution in [-0.4, -0.2) is 21.7 Å². The Bertz CT molecular complexity index is 999. The fourth-order valence-corrected chi connectivity index (χ4v) is 3.71. The number of pyridine rings is 1. The third-order valence-electron chi connectivity index (χ3n) is 3.67. The summed E-state index contributed by atoms with van der Waals surface area (Å²) in [6.45, 7) is 2.91. The number of carbonyl (C=O) groups excluding carboxylic acids is 2. The molecule has 2 N–H and O–H groups in total. The molecule has 0 bridgehead atoms. The van der Waals surface area contributed by atoms with Gasteiger partial charge < -0.3 is 10.1 Å². The van der Waals surface area contributed by atoms with Crippen LogP contribution in [-0.2, 0) is 0 Å². The molecule has 116 valence electrons. The predicted octanol–water partition coefficient (Wildman–Crippen LogP) is 3.04. The molecule has 2 aromatic heterocycles. The van der Waals surface area contributed by atoms with E-state index in [-0.39, 0.29) is 17.1 Å². The second kappa shape index (κ2) is 5.48. The Kier molecular flexibility index (Phi) is 3.61. The molecule has 0 aliphatic carbocycles. The Morgan fingerprint density at radius 1 is 1.17 bits per heavy atom. The number of aromatic nitrogens is 1. The highest BCUT2D eigenvalue weighted by atomic mass is 32.1. The minimum Gasteiger partial charge on any atom is -0.506 e. The van der Waals surface area contributed by atoms with Gasteiger partial charge in [-0.25, -0.2) is 0 Å². The number of aromatic amines is 1. The summed E-state index contributed by atoms with van der Waals surface area (Å²) in [6, 6.07) is 8.76. The van der Waals surface area contributed by atoms with E-state index in [2.05, 4.69) is 4.98 Å². The summed E-state index contributed by atoms with van der Waals surface area (Å²) in [5.41, 5.74) is 0.144. The zero-order chi connectivity index (χ0) is 16.7. The molecule has 0 radical (unpaired) electrons. The maximum absolute atomic E-state index is 12.6. The summed E-state index contributed by atoms with van der Waals surface area (Å²) in [5, 5.41) is 10.6. The number of benzene rings is 1. The van der Waals surface area contributed by atoms with E-state index >= 15 is 0 Å². The second-order valence-electron chi connectivity index (χ2n) is 5.19. The monoisotopic (exact) mass is 327 g/mol. The van der Waals surface area contributed by atoms with Crippen LogP contribution in [0.4, 0.5) is 0 Å². The van der Waals surface area contributed by atoms with Crippen LogP contribution in [0.25, 0.3) is 10.2 Å². The maximum Gasteiger partial charge on any atom is 0.263 e. The number of Topliss-reactive ketones (excluding diaryl/α,β-unsaturated/α-hetero) is 1. The minimum atomic E-state index is -0.650. The number of fused-ring (bicyclic) bond motifs is 1. The van der Waals surface area contributed by atoms with Crippen molar-refractivity contribution in [2.75, 3.05) is 0 Å². The Balaban J connectivity index is 2.28. The SMILES string of the molecule is CC(=O)c1c(O)c2c(C)c(C(=O)c3ccccc3)sc2[nH]c1=O. The van der Waals surface area contributed by atoms with Gasteiger partial charge in [0, 0.05) is 5.56 Å². The summed E-state index contributed by atoms with van der Waals surface area (Å²) in [5.74, 6) is -1.07. The van der Waals surface area contributed by atoms with E-state index in [9.17, 15) is 19.5 Å². The Morgan fingerprint density at radius 3 is 2.43 bits per heavy atom. The average molecular weight is 327 g/mol. The first-order valence-corrected chi connectivity index (χ1v) is 7.72. The van der Waals surface area contributed by atoms with Crippen molar-refractivity contribution in [3.63, 3.8) is 0 Å². The van der Waals surface area contributed by atoms with E-state index < -0.39 is 11.3 Å². The van der Waals surface area contributed by atoms with Crippen molar-refractivity contribution in [3.05, 3.63) is 62.3 Å². The molecule has 0 saturated heterocycles. The fourth-order valence-electron chi connectivity index (χ4n) is 2.55. The van der Waals surface area contributed by atoms with Crippen LogP contribution in [0.1, 0.15) is 38.1 Å². The van der Waals surface area contributed by atoms with Gasteiger partial charge in [-0.1, -0.05) is 30.3 Å². The first-order chi connectivity index (χ1) is 10.9. The summed E-state index contributed by atoms with van der Waals surface area (Å²) < 4.78 is 0. The van der Waals surface area contributed by atoms with E-state index in [0.29, 0.717) is 26.2 Å². The number of aromatic hydroxyl groups is 1. The van der Waals surface area contributed by atoms with Gasteiger partial charge in [-0.05, 0) is 19.4 Å². The van der Waals surface area contributed by atoms with Gasteiger partial charge in [-0.15, -0.1) is 11.3 Å². The van der Waals surface area contributed by atoms with Gasteiger partial charge in [0.25, 0.3) is 5.56 Å². The largest absolute Gasteiger partial charge is 0.506 e. The summed E-state index contributed by atoms with van der Waals surface area (Å²) >= 11 is 1.10. The molecule has 0 aliphatic heterocycles. The highest BCUT2D eigenvalue weighted by Gasteiger charge is 2.23. The summed E-state index contributed by atoms with van der Waals surface area (Å²) in [6.07, 6.45) is 0. The number of hydrogen-bond acceptors (Lipinski definition) is 5. The molecule has 23 heavy (non-hydrogen) atoms. The third-order valence-corrected chi connectivity index (χ3v) is 4.87. The number of carbonyl (C=O) groups is 2. The molecule has 0 unspecified atom stereocenters. The summed E-state index contributed by atoms with van der Waals surface area (Å²) in [4.78, 5) is 39.5. The normalized spacial score (nSPS) is 10.9. The number of ketones is 2. The van der Waals surface area contributed by atoms with Gasteiger partial charge >= 0.3 is 0 Å². The van der Waals surface area contributed by atoms with Gasteiger partial charge in [0.05, 0.1) is 10.3 Å². The van der Waals surface area contributed by atoms with Crippen molar-refractivity contribution in [1.82, 2.24) is 4.98 Å². The van der Waals surface area contributed by atoms with E-state index in [1.807, 2.05) is 6.07 Å². The summed E-state index contributed by atoms with van der Waals surface area (Å²) in [7, 11) is 0. The molecule has 0 fully saturated rings. The van der Waals surface area contributed by atoms with Crippen LogP contribution in [0, 0.1) is 6.92 Å². The van der Waals surface area contributed by atoms with E-state index in [0.717, 1.165) is 11.3 Å². The number of aryl methyl sites for hydroxylation is 1. The Hall–Kier alpha value is -2.73. The van der Waals surface area contributed by atoms with Crippen molar-refractivity contribution < 1.29 is 14.7 Å². The molecule has 0 amide bonds. The van der Waals surface area contributed by atoms with Gasteiger partial charge in [-0.3, -0.25) is 14.4 Å². The zero-order valence-corrected chi connectivity index (χ0v) is 13.3. The highest BCUT2D eigenvalue weighted by molar-refractivity contribution is 7.20. The molecule has 2 heterocycles. The lowest BCUT2D eigenvalue weighted by atomic mass is 10.0. The molecule has 3 aromatic rings. The van der Waals surface area contributed by atoms with Crippen LogP contribution < -0.4 is 5.56 Å². The molecule has 1 aromatic carbocycles. The van der Waals surface area contributed by atoms with Crippen LogP contribution >= 0.6 is 11.3 Å². The number of thiophene rings is 1. The van der Waals surface area contributed by atoms with Crippen LogP contribution in [0.15, 0.2) is 35.1 Å². The van der Waals surface area contributed by atoms with Crippen molar-refractivity contribution in [3.8, 4) is 5.75 Å². The molecule has 0 spiro atoms. The number of rotatable bonds is 3. The van der Waals surface area contributed by atoms with Crippen molar-refractivity contribution in [1.29, 1.82) is 0 Å². The standard InChI is InChI=1S/C17H13NO4S/c1-8-11-14(21)12(9(2)19)16(22)18-17(11)23-15(8)13(20)10-6-4-3-5-7-10/h3-7H,1-2H3,(H2,18,21,22). The van der Waals surface area contributed by atoms with Crippen LogP contribution in [0.2, 0.25) is 0 Å². The molecule has 3 rings (SSSR count). The molecule has 0 atom stereocenters. The third kappa shape index (κ3) is 2.37. The lowest BCUT2D eigenvalue weighted by Gasteiger charge is -2.02. The van der Waals surface area contributed by atoms with Crippen molar-refractivity contribution in [2.24, 2.45) is 0 Å². The molecule has 6 heteroatoms. The lowest BCUT2D eigenvalue weighted by Crippen LogP contribution is -2.15. The predicted molar refractivity (Wildman–Crippen MR) is 88.7 cm³/mol. The fraction of sp³-hybridized carbons (Fsp3) is 0.118. The van der Waals surface area contributed by atoms with Crippen LogP contribution in [0.5, 0.6) is 5.75 Å². The van der Waals surface area contributed by atoms with Crippen molar-refractivity contribution in [2.45, 2.75) is 13.8 Å². The highest BCUT2D eigenvalue weighted by Crippen LogP contribution is 2.37. The van der Waals surface area contributed by atoms with Gasteiger partial charge in [0.1, 0.15) is 16.1 Å². The number of nitrogens with one attached hydrogen (secondary N) is 1. The minimum absolute atomic E-state index is 0.186. The van der Waals surface area contributed by atoms with E-state index in [4.69, 9.17) is 0 Å². The van der Waals surface area contributed by atoms with Crippen LogP contribution in [0.3, 0.4) is 0 Å². The lowest BCUT2D eigenvalue weighted by molar-refractivity contribution is 0.101. The molecular formula is C17H13NO4S. The number of hydrogen-bond donors (Lipinski definition) is 2.